The van der Waals surface area contributed by atoms with Gasteiger partial charge in [-0.15, -0.1) is 0 Å². The quantitative estimate of drug-likeness (QED) is 0.884. The zero-order chi connectivity index (χ0) is 13.1. The second kappa shape index (κ2) is 5.53. The molecular formula is C15H22N2O. The maximum atomic E-state index is 12.3. The lowest BCUT2D eigenvalue weighted by Gasteiger charge is -2.23. The molecule has 98 valence electrons. The molecule has 0 saturated heterocycles. The van der Waals surface area contributed by atoms with Crippen molar-refractivity contribution >= 4 is 11.6 Å². The van der Waals surface area contributed by atoms with Crippen LogP contribution in [-0.4, -0.2) is 24.5 Å². The fraction of sp³-hybridized carbons (Fsp3) is 0.533. The van der Waals surface area contributed by atoms with Gasteiger partial charge in [0.05, 0.1) is 0 Å². The lowest BCUT2D eigenvalue weighted by molar-refractivity contribution is -0.118. The van der Waals surface area contributed by atoms with Crippen LogP contribution in [0.1, 0.15) is 32.8 Å². The van der Waals surface area contributed by atoms with Crippen LogP contribution in [0.4, 0.5) is 5.69 Å². The van der Waals surface area contributed by atoms with E-state index in [1.165, 1.54) is 5.56 Å². The van der Waals surface area contributed by atoms with Crippen molar-refractivity contribution in [2.24, 2.45) is 0 Å². The Labute approximate surface area is 109 Å². The predicted molar refractivity (Wildman–Crippen MR) is 74.8 cm³/mol. The van der Waals surface area contributed by atoms with Crippen LogP contribution in [0.5, 0.6) is 0 Å². The maximum absolute atomic E-state index is 12.3. The fourth-order valence-electron chi connectivity index (χ4n) is 2.53. The largest absolute Gasteiger partial charge is 0.314 e. The molecule has 2 rings (SSSR count). The average molecular weight is 246 g/mol. The summed E-state index contributed by atoms with van der Waals surface area (Å²) in [6, 6.07) is 8.93. The molecule has 0 saturated carbocycles. The highest BCUT2D eigenvalue weighted by Crippen LogP contribution is 2.32. The number of amides is 1. The summed E-state index contributed by atoms with van der Waals surface area (Å²) < 4.78 is 0. The Morgan fingerprint density at radius 1 is 1.44 bits per heavy atom. The van der Waals surface area contributed by atoms with Gasteiger partial charge >= 0.3 is 0 Å². The summed E-state index contributed by atoms with van der Waals surface area (Å²) in [6.07, 6.45) is 1.54. The Hall–Kier alpha value is -1.35. The molecule has 1 aromatic rings. The summed E-state index contributed by atoms with van der Waals surface area (Å²) in [6.45, 7) is 7.06. The Bertz CT molecular complexity index is 428. The van der Waals surface area contributed by atoms with E-state index in [2.05, 4.69) is 32.2 Å². The maximum Gasteiger partial charge on any atom is 0.228 e. The first-order valence-electron chi connectivity index (χ1n) is 6.73. The molecule has 0 radical (unpaired) electrons. The normalized spacial score (nSPS) is 18.2. The Morgan fingerprint density at radius 3 is 2.89 bits per heavy atom. The SMILES string of the molecule is CC(C)NCCC(=O)N1c2ccccc2CC1C. The van der Waals surface area contributed by atoms with E-state index >= 15 is 0 Å². The molecule has 1 aromatic carbocycles. The molecular weight excluding hydrogens is 224 g/mol. The van der Waals surface area contributed by atoms with Crippen LogP contribution < -0.4 is 10.2 Å². The van der Waals surface area contributed by atoms with Gasteiger partial charge in [-0.25, -0.2) is 0 Å². The van der Waals surface area contributed by atoms with Crippen LogP contribution >= 0.6 is 0 Å². The van der Waals surface area contributed by atoms with E-state index in [0.29, 0.717) is 12.5 Å². The standard InChI is InChI=1S/C15H22N2O/c1-11(2)16-9-8-15(18)17-12(3)10-13-6-4-5-7-14(13)17/h4-7,11-12,16H,8-10H2,1-3H3. The van der Waals surface area contributed by atoms with Crippen molar-refractivity contribution in [1.29, 1.82) is 0 Å². The van der Waals surface area contributed by atoms with Crippen molar-refractivity contribution < 1.29 is 4.79 Å². The van der Waals surface area contributed by atoms with Crippen LogP contribution in [0.15, 0.2) is 24.3 Å². The molecule has 1 N–H and O–H groups in total. The van der Waals surface area contributed by atoms with E-state index in [9.17, 15) is 4.79 Å². The van der Waals surface area contributed by atoms with Crippen LogP contribution in [0.2, 0.25) is 0 Å². The number of nitrogens with one attached hydrogen (secondary N) is 1. The first-order chi connectivity index (χ1) is 8.59. The van der Waals surface area contributed by atoms with Crippen molar-refractivity contribution in [3.63, 3.8) is 0 Å². The van der Waals surface area contributed by atoms with Gasteiger partial charge in [0.15, 0.2) is 0 Å². The number of carbonyl (C=O) groups excluding carboxylic acids is 1. The number of fused-ring (bicyclic) bond motifs is 1. The van der Waals surface area contributed by atoms with Gasteiger partial charge in [0.25, 0.3) is 0 Å². The van der Waals surface area contributed by atoms with E-state index in [1.54, 1.807) is 0 Å². The Balaban J connectivity index is 2.02. The van der Waals surface area contributed by atoms with Crippen LogP contribution in [0.25, 0.3) is 0 Å². The predicted octanol–water partition coefficient (Wildman–Crippen LogP) is 2.35. The molecule has 0 fully saturated rings. The summed E-state index contributed by atoms with van der Waals surface area (Å²) in [5.41, 5.74) is 2.38. The number of hydrogen-bond acceptors (Lipinski definition) is 2. The summed E-state index contributed by atoms with van der Waals surface area (Å²) in [5, 5.41) is 3.29. The molecule has 1 heterocycles. The first kappa shape index (κ1) is 13.1. The molecule has 0 aromatic heterocycles. The van der Waals surface area contributed by atoms with Gasteiger partial charge in [-0.1, -0.05) is 32.0 Å². The van der Waals surface area contributed by atoms with Crippen molar-refractivity contribution in [1.82, 2.24) is 5.32 Å². The lowest BCUT2D eigenvalue weighted by Crippen LogP contribution is -2.38. The van der Waals surface area contributed by atoms with Crippen molar-refractivity contribution in [3.8, 4) is 0 Å². The van der Waals surface area contributed by atoms with Gasteiger partial charge in [0, 0.05) is 30.7 Å². The third-order valence-electron chi connectivity index (χ3n) is 3.37. The Morgan fingerprint density at radius 2 is 2.17 bits per heavy atom. The zero-order valence-electron chi connectivity index (χ0n) is 11.4. The Kier molecular flexibility index (Phi) is 4.02. The van der Waals surface area contributed by atoms with Crippen molar-refractivity contribution in [2.75, 3.05) is 11.4 Å². The second-order valence-corrected chi connectivity index (χ2v) is 5.30. The molecule has 0 bridgehead atoms. The number of benzene rings is 1. The highest BCUT2D eigenvalue weighted by atomic mass is 16.2. The van der Waals surface area contributed by atoms with E-state index in [1.807, 2.05) is 23.1 Å². The lowest BCUT2D eigenvalue weighted by atomic mass is 10.1. The highest BCUT2D eigenvalue weighted by molar-refractivity contribution is 5.96. The number of para-hydroxylation sites is 1. The number of carbonyl (C=O) groups is 1. The van der Waals surface area contributed by atoms with Gasteiger partial charge in [-0.3, -0.25) is 4.79 Å². The van der Waals surface area contributed by atoms with Crippen molar-refractivity contribution in [2.45, 2.75) is 45.7 Å². The third-order valence-corrected chi connectivity index (χ3v) is 3.37. The van der Waals surface area contributed by atoms with E-state index in [4.69, 9.17) is 0 Å². The molecule has 1 aliphatic rings. The zero-order valence-corrected chi connectivity index (χ0v) is 11.4. The van der Waals surface area contributed by atoms with Crippen LogP contribution in [0, 0.1) is 0 Å². The molecule has 1 unspecified atom stereocenters. The molecule has 18 heavy (non-hydrogen) atoms. The van der Waals surface area contributed by atoms with Crippen LogP contribution in [0.3, 0.4) is 0 Å². The monoisotopic (exact) mass is 246 g/mol. The molecule has 0 spiro atoms. The van der Waals surface area contributed by atoms with Gasteiger partial charge < -0.3 is 10.2 Å². The first-order valence-corrected chi connectivity index (χ1v) is 6.73. The van der Waals surface area contributed by atoms with E-state index in [0.717, 1.165) is 18.7 Å². The molecule has 1 aliphatic heterocycles. The number of nitrogens with zero attached hydrogens (tertiary/aromatic N) is 1. The van der Waals surface area contributed by atoms with Crippen molar-refractivity contribution in [3.05, 3.63) is 29.8 Å². The van der Waals surface area contributed by atoms with E-state index < -0.39 is 0 Å². The highest BCUT2D eigenvalue weighted by Gasteiger charge is 2.29. The minimum Gasteiger partial charge on any atom is -0.314 e. The minimum absolute atomic E-state index is 0.223. The van der Waals surface area contributed by atoms with E-state index in [-0.39, 0.29) is 11.9 Å². The number of rotatable bonds is 4. The third kappa shape index (κ3) is 2.72. The second-order valence-electron chi connectivity index (χ2n) is 5.30. The smallest absolute Gasteiger partial charge is 0.228 e. The molecule has 1 atom stereocenters. The summed E-state index contributed by atoms with van der Waals surface area (Å²) in [4.78, 5) is 14.2. The molecule has 0 aliphatic carbocycles. The average Bonchev–Trinajstić information content (AvgIpc) is 2.64. The molecule has 3 nitrogen and oxygen atoms in total. The van der Waals surface area contributed by atoms with Crippen LogP contribution in [-0.2, 0) is 11.2 Å². The summed E-state index contributed by atoms with van der Waals surface area (Å²) >= 11 is 0. The minimum atomic E-state index is 0.223. The topological polar surface area (TPSA) is 32.3 Å². The molecule has 1 amide bonds. The number of hydrogen-bond donors (Lipinski definition) is 1. The van der Waals surface area contributed by atoms with Gasteiger partial charge in [0.1, 0.15) is 0 Å². The van der Waals surface area contributed by atoms with Gasteiger partial charge in [-0.2, -0.15) is 0 Å². The summed E-state index contributed by atoms with van der Waals surface area (Å²) in [7, 11) is 0. The summed E-state index contributed by atoms with van der Waals surface area (Å²) in [5.74, 6) is 0.223. The van der Waals surface area contributed by atoms with Gasteiger partial charge in [-0.05, 0) is 25.0 Å². The number of anilines is 1. The van der Waals surface area contributed by atoms with Gasteiger partial charge in [0.2, 0.25) is 5.91 Å². The molecule has 3 heteroatoms. The fourth-order valence-corrected chi connectivity index (χ4v) is 2.53.